The van der Waals surface area contributed by atoms with Crippen molar-refractivity contribution in [2.24, 2.45) is 0 Å². The van der Waals surface area contributed by atoms with Crippen molar-refractivity contribution in [2.75, 3.05) is 0 Å². The van der Waals surface area contributed by atoms with E-state index in [1.165, 1.54) is 6.20 Å². The second-order valence-corrected chi connectivity index (χ2v) is 5.17. The average molecular weight is 298 g/mol. The Morgan fingerprint density at radius 3 is 2.50 bits per heavy atom. The number of nitrogens with one attached hydrogen (secondary N) is 1. The average Bonchev–Trinajstić information content (AvgIpc) is 2.47. The minimum Gasteiger partial charge on any atom is -0.481 e. The fourth-order valence-electron chi connectivity index (χ4n) is 2.23. The van der Waals surface area contributed by atoms with E-state index in [2.05, 4.69) is 10.3 Å². The van der Waals surface area contributed by atoms with E-state index in [9.17, 15) is 9.59 Å². The highest BCUT2D eigenvalue weighted by molar-refractivity contribution is 5.94. The zero-order chi connectivity index (χ0) is 16.1. The molecule has 0 spiro atoms. The van der Waals surface area contributed by atoms with Crippen LogP contribution >= 0.6 is 0 Å². The van der Waals surface area contributed by atoms with E-state index in [1.807, 2.05) is 38.1 Å². The number of pyridine rings is 1. The maximum Gasteiger partial charge on any atom is 0.305 e. The van der Waals surface area contributed by atoms with Crippen molar-refractivity contribution in [3.63, 3.8) is 0 Å². The second kappa shape index (κ2) is 6.85. The molecule has 0 bridgehead atoms. The highest BCUT2D eigenvalue weighted by Crippen LogP contribution is 2.21. The lowest BCUT2D eigenvalue weighted by Gasteiger charge is -2.19. The first-order valence-electron chi connectivity index (χ1n) is 6.98. The Bertz CT molecular complexity index is 681. The molecule has 0 aliphatic rings. The third kappa shape index (κ3) is 3.91. The first-order valence-corrected chi connectivity index (χ1v) is 6.98. The molecule has 1 atom stereocenters. The van der Waals surface area contributed by atoms with E-state index in [4.69, 9.17) is 5.11 Å². The van der Waals surface area contributed by atoms with Crippen LogP contribution < -0.4 is 5.32 Å². The lowest BCUT2D eigenvalue weighted by molar-refractivity contribution is -0.137. The molecule has 0 aliphatic heterocycles. The van der Waals surface area contributed by atoms with Crippen LogP contribution in [0.1, 0.15) is 39.6 Å². The molecular formula is C17H18N2O3. The predicted molar refractivity (Wildman–Crippen MR) is 82.6 cm³/mol. The first kappa shape index (κ1) is 15.7. The smallest absolute Gasteiger partial charge is 0.305 e. The summed E-state index contributed by atoms with van der Waals surface area (Å²) in [4.78, 5) is 27.5. The number of carbonyl (C=O) groups is 2. The number of amides is 1. The van der Waals surface area contributed by atoms with E-state index in [-0.39, 0.29) is 12.3 Å². The van der Waals surface area contributed by atoms with Gasteiger partial charge in [-0.1, -0.05) is 24.3 Å². The summed E-state index contributed by atoms with van der Waals surface area (Å²) in [5.74, 6) is -1.29. The Kier molecular flexibility index (Phi) is 4.88. The van der Waals surface area contributed by atoms with Gasteiger partial charge in [0.05, 0.1) is 18.0 Å². The first-order chi connectivity index (χ1) is 10.5. The van der Waals surface area contributed by atoms with Gasteiger partial charge >= 0.3 is 5.97 Å². The maximum absolute atomic E-state index is 12.3. The topological polar surface area (TPSA) is 79.3 Å². The Labute approximate surface area is 129 Å². The van der Waals surface area contributed by atoms with E-state index in [0.29, 0.717) is 5.56 Å². The number of aliphatic carboxylic acids is 1. The summed E-state index contributed by atoms with van der Waals surface area (Å²) in [7, 11) is 0. The molecule has 1 heterocycles. The van der Waals surface area contributed by atoms with Crippen LogP contribution in [-0.2, 0) is 4.79 Å². The van der Waals surface area contributed by atoms with Crippen molar-refractivity contribution in [3.8, 4) is 0 Å². The molecule has 0 radical (unpaired) electrons. The number of carbonyl (C=O) groups excluding carboxylic acids is 1. The molecule has 0 saturated carbocycles. The summed E-state index contributed by atoms with van der Waals surface area (Å²) < 4.78 is 0. The largest absolute Gasteiger partial charge is 0.481 e. The van der Waals surface area contributed by atoms with Crippen molar-refractivity contribution >= 4 is 11.9 Å². The van der Waals surface area contributed by atoms with Crippen LogP contribution in [0, 0.1) is 13.8 Å². The van der Waals surface area contributed by atoms with Gasteiger partial charge in [0.25, 0.3) is 5.91 Å². The van der Waals surface area contributed by atoms with Gasteiger partial charge in [-0.3, -0.25) is 14.6 Å². The third-order valence-corrected chi connectivity index (χ3v) is 3.42. The van der Waals surface area contributed by atoms with E-state index >= 15 is 0 Å². The minimum absolute atomic E-state index is 0.171. The number of carboxylic acids is 1. The molecule has 2 N–H and O–H groups in total. The Morgan fingerprint density at radius 2 is 1.91 bits per heavy atom. The van der Waals surface area contributed by atoms with Gasteiger partial charge in [-0.25, -0.2) is 0 Å². The van der Waals surface area contributed by atoms with Crippen LogP contribution in [0.4, 0.5) is 0 Å². The number of carboxylic acid groups (broad SMARTS) is 1. The summed E-state index contributed by atoms with van der Waals surface area (Å²) >= 11 is 0. The van der Waals surface area contributed by atoms with Gasteiger partial charge in [-0.05, 0) is 37.1 Å². The maximum atomic E-state index is 12.3. The van der Waals surface area contributed by atoms with Gasteiger partial charge in [0, 0.05) is 11.9 Å². The third-order valence-electron chi connectivity index (χ3n) is 3.42. The molecule has 0 unspecified atom stereocenters. The zero-order valence-electron chi connectivity index (χ0n) is 12.5. The monoisotopic (exact) mass is 298 g/mol. The quantitative estimate of drug-likeness (QED) is 0.889. The van der Waals surface area contributed by atoms with Crippen molar-refractivity contribution in [2.45, 2.75) is 26.3 Å². The Balaban J connectivity index is 2.23. The molecule has 0 saturated heterocycles. The molecule has 2 rings (SSSR count). The SMILES string of the molecule is Cc1ccc(C(=O)N[C@H](CC(=O)O)c2ccccc2C)cn1. The summed E-state index contributed by atoms with van der Waals surface area (Å²) in [5.41, 5.74) is 2.97. The number of aryl methyl sites for hydroxylation is 2. The fraction of sp³-hybridized carbons (Fsp3) is 0.235. The van der Waals surface area contributed by atoms with Gasteiger partial charge in [0.2, 0.25) is 0 Å². The lowest BCUT2D eigenvalue weighted by atomic mass is 9.98. The summed E-state index contributed by atoms with van der Waals surface area (Å²) in [5, 5.41) is 11.9. The van der Waals surface area contributed by atoms with E-state index < -0.39 is 12.0 Å². The van der Waals surface area contributed by atoms with E-state index in [1.54, 1.807) is 12.1 Å². The molecule has 5 heteroatoms. The number of hydrogen-bond donors (Lipinski definition) is 2. The van der Waals surface area contributed by atoms with Gasteiger partial charge in [-0.15, -0.1) is 0 Å². The summed E-state index contributed by atoms with van der Waals surface area (Å²) in [6.45, 7) is 3.73. The van der Waals surface area contributed by atoms with E-state index in [0.717, 1.165) is 16.8 Å². The van der Waals surface area contributed by atoms with Crippen molar-refractivity contribution < 1.29 is 14.7 Å². The van der Waals surface area contributed by atoms with Gasteiger partial charge in [0.1, 0.15) is 0 Å². The molecule has 1 aromatic carbocycles. The number of nitrogens with zero attached hydrogens (tertiary/aromatic N) is 1. The molecule has 22 heavy (non-hydrogen) atoms. The van der Waals surface area contributed by atoms with Gasteiger partial charge in [-0.2, -0.15) is 0 Å². The molecule has 1 amide bonds. The summed E-state index contributed by atoms with van der Waals surface area (Å²) in [6, 6.07) is 10.3. The predicted octanol–water partition coefficient (Wildman–Crippen LogP) is 2.64. The highest BCUT2D eigenvalue weighted by Gasteiger charge is 2.20. The number of rotatable bonds is 5. The standard InChI is InChI=1S/C17H18N2O3/c1-11-5-3-4-6-14(11)15(9-16(20)21)19-17(22)13-8-7-12(2)18-10-13/h3-8,10,15H,9H2,1-2H3,(H,19,22)(H,20,21)/t15-/m1/s1. The van der Waals surface area contributed by atoms with Crippen LogP contribution in [0.15, 0.2) is 42.6 Å². The Hall–Kier alpha value is -2.69. The fourth-order valence-corrected chi connectivity index (χ4v) is 2.23. The minimum atomic E-state index is -0.962. The molecular weight excluding hydrogens is 280 g/mol. The van der Waals surface area contributed by atoms with Crippen molar-refractivity contribution in [3.05, 3.63) is 65.0 Å². The van der Waals surface area contributed by atoms with Crippen LogP contribution in [0.2, 0.25) is 0 Å². The molecule has 2 aromatic rings. The zero-order valence-corrected chi connectivity index (χ0v) is 12.5. The second-order valence-electron chi connectivity index (χ2n) is 5.17. The van der Waals surface area contributed by atoms with Crippen LogP contribution in [0.3, 0.4) is 0 Å². The summed E-state index contributed by atoms with van der Waals surface area (Å²) in [6.07, 6.45) is 1.32. The van der Waals surface area contributed by atoms with Crippen LogP contribution in [-0.4, -0.2) is 22.0 Å². The molecule has 5 nitrogen and oxygen atoms in total. The molecule has 0 aliphatic carbocycles. The molecule has 0 fully saturated rings. The number of hydrogen-bond acceptors (Lipinski definition) is 3. The number of benzene rings is 1. The van der Waals surface area contributed by atoms with Crippen molar-refractivity contribution in [1.82, 2.24) is 10.3 Å². The van der Waals surface area contributed by atoms with Gasteiger partial charge < -0.3 is 10.4 Å². The van der Waals surface area contributed by atoms with Crippen LogP contribution in [0.25, 0.3) is 0 Å². The molecule has 1 aromatic heterocycles. The number of aromatic nitrogens is 1. The lowest BCUT2D eigenvalue weighted by Crippen LogP contribution is -2.30. The van der Waals surface area contributed by atoms with Crippen molar-refractivity contribution in [1.29, 1.82) is 0 Å². The highest BCUT2D eigenvalue weighted by atomic mass is 16.4. The normalized spacial score (nSPS) is 11.7. The van der Waals surface area contributed by atoms with Crippen LogP contribution in [0.5, 0.6) is 0 Å². The molecule has 114 valence electrons. The van der Waals surface area contributed by atoms with Gasteiger partial charge in [0.15, 0.2) is 0 Å². The Morgan fingerprint density at radius 1 is 1.18 bits per heavy atom.